The van der Waals surface area contributed by atoms with E-state index in [0.29, 0.717) is 19.3 Å². The Morgan fingerprint density at radius 3 is 2.70 bits per heavy atom. The molecule has 0 radical (unpaired) electrons. The third-order valence-electron chi connectivity index (χ3n) is 4.15. The van der Waals surface area contributed by atoms with Crippen LogP contribution in [0.4, 0.5) is 0 Å². The third-order valence-corrected chi connectivity index (χ3v) is 4.15. The Hall–Kier alpha value is -1.66. The van der Waals surface area contributed by atoms with Crippen LogP contribution in [0.25, 0.3) is 0 Å². The van der Waals surface area contributed by atoms with E-state index in [1.54, 1.807) is 26.2 Å². The number of nitrogens with zero attached hydrogens (tertiary/aromatic N) is 1. The zero-order chi connectivity index (χ0) is 17.5. The monoisotopic (exact) mass is 324 g/mol. The lowest BCUT2D eigenvalue weighted by Crippen LogP contribution is -2.47. The Kier molecular flexibility index (Phi) is 7.45. The van der Waals surface area contributed by atoms with Gasteiger partial charge in [-0.15, -0.1) is 0 Å². The summed E-state index contributed by atoms with van der Waals surface area (Å²) in [5.74, 6) is -1.51. The van der Waals surface area contributed by atoms with Crippen molar-refractivity contribution in [3.63, 3.8) is 0 Å². The quantitative estimate of drug-likeness (QED) is 0.661. The molecule has 1 aliphatic rings. The van der Waals surface area contributed by atoms with Gasteiger partial charge in [-0.3, -0.25) is 9.59 Å². The Balaban J connectivity index is 2.79. The Morgan fingerprint density at radius 2 is 2.22 bits per heavy atom. The van der Waals surface area contributed by atoms with Gasteiger partial charge >= 0.3 is 0 Å². The van der Waals surface area contributed by atoms with E-state index in [2.05, 4.69) is 5.32 Å². The van der Waals surface area contributed by atoms with Crippen molar-refractivity contribution in [2.24, 2.45) is 0 Å². The molecule has 0 aromatic rings. The molecular weight excluding hydrogens is 296 g/mol. The van der Waals surface area contributed by atoms with Gasteiger partial charge < -0.3 is 20.1 Å². The van der Waals surface area contributed by atoms with Crippen LogP contribution in [0.5, 0.6) is 0 Å². The van der Waals surface area contributed by atoms with Crippen molar-refractivity contribution in [3.05, 3.63) is 23.8 Å². The van der Waals surface area contributed by atoms with Crippen molar-refractivity contribution in [1.29, 1.82) is 0 Å². The van der Waals surface area contributed by atoms with Gasteiger partial charge in [-0.2, -0.15) is 0 Å². The molecule has 2 amide bonds. The number of unbranched alkanes of at least 4 members (excludes halogenated alkanes) is 1. The second kappa shape index (κ2) is 8.84. The molecule has 0 heterocycles. The smallest absolute Gasteiger partial charge is 0.242 e. The number of hydrogen-bond donors (Lipinski definition) is 2. The molecule has 6 nitrogen and oxygen atoms in total. The van der Waals surface area contributed by atoms with Gasteiger partial charge in [-0.1, -0.05) is 25.5 Å². The predicted molar refractivity (Wildman–Crippen MR) is 88.6 cm³/mol. The molecule has 23 heavy (non-hydrogen) atoms. The minimum atomic E-state index is -1.28. The van der Waals surface area contributed by atoms with Gasteiger partial charge in [-0.05, 0) is 18.1 Å². The molecule has 2 atom stereocenters. The van der Waals surface area contributed by atoms with Crippen LogP contribution in [-0.2, 0) is 14.3 Å². The molecule has 130 valence electrons. The van der Waals surface area contributed by atoms with E-state index in [-0.39, 0.29) is 11.8 Å². The highest BCUT2D eigenvalue weighted by Gasteiger charge is 2.29. The first kappa shape index (κ1) is 19.4. The van der Waals surface area contributed by atoms with Crippen LogP contribution in [0.2, 0.25) is 0 Å². The number of carbonyl (C=O) groups is 2. The highest BCUT2D eigenvalue weighted by molar-refractivity contribution is 5.87. The Bertz CT molecular complexity index is 487. The number of rotatable bonds is 8. The van der Waals surface area contributed by atoms with Crippen molar-refractivity contribution >= 4 is 11.8 Å². The zero-order valence-corrected chi connectivity index (χ0v) is 14.5. The summed E-state index contributed by atoms with van der Waals surface area (Å²) < 4.78 is 5.01. The lowest BCUT2D eigenvalue weighted by Gasteiger charge is -2.29. The van der Waals surface area contributed by atoms with Crippen molar-refractivity contribution < 1.29 is 19.4 Å². The van der Waals surface area contributed by atoms with Gasteiger partial charge in [0.15, 0.2) is 5.79 Å². The van der Waals surface area contributed by atoms with Crippen LogP contribution in [-0.4, -0.2) is 54.9 Å². The largest absolute Gasteiger partial charge is 0.362 e. The van der Waals surface area contributed by atoms with E-state index in [0.717, 1.165) is 18.4 Å². The fourth-order valence-electron chi connectivity index (χ4n) is 2.43. The van der Waals surface area contributed by atoms with Gasteiger partial charge in [0.2, 0.25) is 11.8 Å². The average molecular weight is 324 g/mol. The number of likely N-dealkylation sites (N-methyl/N-ethyl adjacent to an activating group) is 2. The first-order valence-electron chi connectivity index (χ1n) is 8.00. The van der Waals surface area contributed by atoms with E-state index in [1.807, 2.05) is 13.0 Å². The van der Waals surface area contributed by atoms with E-state index in [4.69, 9.17) is 4.74 Å². The van der Waals surface area contributed by atoms with Gasteiger partial charge in [-0.25, -0.2) is 0 Å². The first-order valence-corrected chi connectivity index (χ1v) is 8.00. The molecule has 0 aromatic carbocycles. The molecule has 0 saturated heterocycles. The maximum Gasteiger partial charge on any atom is 0.242 e. The normalized spacial score (nSPS) is 21.5. The van der Waals surface area contributed by atoms with Crippen molar-refractivity contribution in [2.45, 2.75) is 50.9 Å². The van der Waals surface area contributed by atoms with Crippen LogP contribution in [0.3, 0.4) is 0 Å². The second-order valence-corrected chi connectivity index (χ2v) is 5.81. The molecule has 0 spiro atoms. The molecule has 1 aliphatic carbocycles. The van der Waals surface area contributed by atoms with Crippen LogP contribution >= 0.6 is 0 Å². The molecule has 2 N–H and O–H groups in total. The van der Waals surface area contributed by atoms with Crippen molar-refractivity contribution in [2.75, 3.05) is 21.2 Å². The molecule has 6 heteroatoms. The number of aliphatic hydroxyl groups is 1. The molecule has 0 aromatic heterocycles. The average Bonchev–Trinajstić information content (AvgIpc) is 2.57. The van der Waals surface area contributed by atoms with Crippen LogP contribution in [0.1, 0.15) is 39.0 Å². The topological polar surface area (TPSA) is 78.9 Å². The van der Waals surface area contributed by atoms with Crippen LogP contribution in [0.15, 0.2) is 23.8 Å². The minimum absolute atomic E-state index is 0.0331. The molecule has 1 unspecified atom stereocenters. The van der Waals surface area contributed by atoms with Crippen LogP contribution < -0.4 is 5.32 Å². The summed E-state index contributed by atoms with van der Waals surface area (Å²) in [6, 6.07) is -0.561. The van der Waals surface area contributed by atoms with Crippen molar-refractivity contribution in [3.8, 4) is 0 Å². The molecule has 0 bridgehead atoms. The van der Waals surface area contributed by atoms with Crippen molar-refractivity contribution in [1.82, 2.24) is 10.2 Å². The number of hydrogen-bond acceptors (Lipinski definition) is 4. The number of methoxy groups -OCH3 is 1. The summed E-state index contributed by atoms with van der Waals surface area (Å²) in [6.07, 6.45) is 8.08. The summed E-state index contributed by atoms with van der Waals surface area (Å²) in [6.45, 7) is 2.03. The van der Waals surface area contributed by atoms with E-state index < -0.39 is 11.8 Å². The SMILES string of the molecule is CCCCC(=O)N(C)[C@@H](CC1=CCC(O)(OC)C=C1)C(=O)NC. The maximum absolute atomic E-state index is 12.2. The van der Waals surface area contributed by atoms with Gasteiger partial charge in [0.25, 0.3) is 0 Å². The fraction of sp³-hybridized carbons (Fsp3) is 0.647. The Labute approximate surface area is 138 Å². The van der Waals surface area contributed by atoms with Gasteiger partial charge in [0, 0.05) is 40.5 Å². The van der Waals surface area contributed by atoms with E-state index >= 15 is 0 Å². The maximum atomic E-state index is 12.2. The molecule has 0 aliphatic heterocycles. The lowest BCUT2D eigenvalue weighted by molar-refractivity contribution is -0.144. The summed E-state index contributed by atoms with van der Waals surface area (Å²) in [5, 5.41) is 12.6. The summed E-state index contributed by atoms with van der Waals surface area (Å²) >= 11 is 0. The molecule has 0 fully saturated rings. The predicted octanol–water partition coefficient (Wildman–Crippen LogP) is 1.36. The number of nitrogens with one attached hydrogen (secondary N) is 1. The second-order valence-electron chi connectivity index (χ2n) is 5.81. The number of amides is 2. The highest BCUT2D eigenvalue weighted by Crippen LogP contribution is 2.25. The molecule has 0 saturated carbocycles. The molecule has 1 rings (SSSR count). The first-order chi connectivity index (χ1) is 10.9. The lowest BCUT2D eigenvalue weighted by atomic mass is 9.96. The Morgan fingerprint density at radius 1 is 1.52 bits per heavy atom. The zero-order valence-electron chi connectivity index (χ0n) is 14.5. The number of allylic oxidation sites excluding steroid dienone is 1. The van der Waals surface area contributed by atoms with Gasteiger partial charge in [0.1, 0.15) is 6.04 Å². The minimum Gasteiger partial charge on any atom is -0.362 e. The standard InChI is InChI=1S/C17H28N2O4/c1-5-6-7-15(20)19(3)14(16(21)18-2)12-13-8-10-17(22,23-4)11-9-13/h8-10,14,22H,5-7,11-12H2,1-4H3,(H,18,21)/t14-,17?/m0/s1. The van der Waals surface area contributed by atoms with Gasteiger partial charge in [0.05, 0.1) is 0 Å². The van der Waals surface area contributed by atoms with E-state index in [1.165, 1.54) is 12.0 Å². The third kappa shape index (κ3) is 5.48. The summed E-state index contributed by atoms with van der Waals surface area (Å²) in [7, 11) is 4.67. The van der Waals surface area contributed by atoms with Crippen LogP contribution in [0, 0.1) is 0 Å². The summed E-state index contributed by atoms with van der Waals surface area (Å²) in [5.41, 5.74) is 0.899. The van der Waals surface area contributed by atoms with E-state index in [9.17, 15) is 14.7 Å². The fourth-order valence-corrected chi connectivity index (χ4v) is 2.43. The summed E-state index contributed by atoms with van der Waals surface area (Å²) in [4.78, 5) is 25.9. The molecular formula is C17H28N2O4. The number of carbonyl (C=O) groups excluding carboxylic acids is 2. The number of ether oxygens (including phenoxy) is 1. The highest BCUT2D eigenvalue weighted by atomic mass is 16.6.